The van der Waals surface area contributed by atoms with Crippen molar-refractivity contribution in [2.24, 2.45) is 0 Å². The Morgan fingerprint density at radius 1 is 1.28 bits per heavy atom. The average molecular weight is 244 g/mol. The fourth-order valence-corrected chi connectivity index (χ4v) is 2.40. The van der Waals surface area contributed by atoms with E-state index in [0.717, 1.165) is 12.0 Å². The summed E-state index contributed by atoms with van der Waals surface area (Å²) in [4.78, 5) is 10.7. The lowest BCUT2D eigenvalue weighted by Gasteiger charge is -2.32. The molecular formula is C14H12O4. The molecular weight excluding hydrogens is 232 g/mol. The lowest BCUT2D eigenvalue weighted by Crippen LogP contribution is -2.23. The Hall–Kier alpha value is -2.07. The zero-order chi connectivity index (χ0) is 12.7. The van der Waals surface area contributed by atoms with E-state index in [9.17, 15) is 9.90 Å². The molecule has 4 heteroatoms. The van der Waals surface area contributed by atoms with Crippen LogP contribution in [0.2, 0.25) is 0 Å². The largest absolute Gasteiger partial charge is 0.475 e. The molecule has 0 saturated carbocycles. The lowest BCUT2D eigenvalue weighted by molar-refractivity contribution is 0.0642. The van der Waals surface area contributed by atoms with E-state index in [4.69, 9.17) is 9.52 Å². The van der Waals surface area contributed by atoms with Gasteiger partial charge in [-0.25, -0.2) is 4.79 Å². The molecule has 92 valence electrons. The Morgan fingerprint density at radius 3 is 2.72 bits per heavy atom. The van der Waals surface area contributed by atoms with Gasteiger partial charge < -0.3 is 14.6 Å². The monoisotopic (exact) mass is 244 g/mol. The van der Waals surface area contributed by atoms with Crippen molar-refractivity contribution in [3.05, 3.63) is 59.0 Å². The highest BCUT2D eigenvalue weighted by Gasteiger charge is 2.34. The minimum absolute atomic E-state index is 0.00556. The molecule has 1 aromatic heterocycles. The van der Waals surface area contributed by atoms with Gasteiger partial charge >= 0.3 is 5.97 Å². The van der Waals surface area contributed by atoms with Crippen LogP contribution in [0, 0.1) is 0 Å². The summed E-state index contributed by atoms with van der Waals surface area (Å²) in [6, 6.07) is 10.8. The first-order valence-corrected chi connectivity index (χ1v) is 5.75. The second kappa shape index (κ2) is 3.99. The number of aliphatic hydroxyl groups is 1. The number of rotatable bonds is 3. The average Bonchev–Trinajstić information content (AvgIpc) is 2.80. The number of furan rings is 1. The van der Waals surface area contributed by atoms with Gasteiger partial charge in [0.05, 0.1) is 0 Å². The quantitative estimate of drug-likeness (QED) is 0.869. The normalized spacial score (nSPS) is 18.8. The summed E-state index contributed by atoms with van der Waals surface area (Å²) in [5.74, 6) is -0.958. The smallest absolute Gasteiger partial charge is 0.371 e. The summed E-state index contributed by atoms with van der Waals surface area (Å²) >= 11 is 0. The maximum Gasteiger partial charge on any atom is 0.371 e. The van der Waals surface area contributed by atoms with Crippen LogP contribution >= 0.6 is 0 Å². The van der Waals surface area contributed by atoms with E-state index >= 15 is 0 Å². The van der Waals surface area contributed by atoms with E-state index in [1.807, 2.05) is 24.3 Å². The number of carboxylic acids is 1. The van der Waals surface area contributed by atoms with Gasteiger partial charge in [-0.15, -0.1) is 0 Å². The summed E-state index contributed by atoms with van der Waals surface area (Å²) in [6.45, 7) is 0. The molecule has 18 heavy (non-hydrogen) atoms. The minimum Gasteiger partial charge on any atom is -0.475 e. The third kappa shape index (κ3) is 1.62. The second-order valence-corrected chi connectivity index (χ2v) is 4.46. The third-order valence-corrected chi connectivity index (χ3v) is 3.40. The molecule has 0 fully saturated rings. The van der Waals surface area contributed by atoms with Crippen LogP contribution in [0.4, 0.5) is 0 Å². The van der Waals surface area contributed by atoms with E-state index in [-0.39, 0.29) is 11.7 Å². The molecule has 2 aromatic rings. The van der Waals surface area contributed by atoms with Gasteiger partial charge in [0.25, 0.3) is 0 Å². The van der Waals surface area contributed by atoms with Crippen LogP contribution in [0.25, 0.3) is 0 Å². The maximum atomic E-state index is 10.7. The van der Waals surface area contributed by atoms with E-state index < -0.39 is 12.1 Å². The maximum absolute atomic E-state index is 10.7. The molecule has 0 aliphatic heterocycles. The van der Waals surface area contributed by atoms with Crippen molar-refractivity contribution in [1.82, 2.24) is 0 Å². The first-order chi connectivity index (χ1) is 8.66. The van der Waals surface area contributed by atoms with E-state index in [1.54, 1.807) is 0 Å². The van der Waals surface area contributed by atoms with Crippen molar-refractivity contribution in [2.45, 2.75) is 18.4 Å². The van der Waals surface area contributed by atoms with Crippen molar-refractivity contribution in [3.8, 4) is 0 Å². The van der Waals surface area contributed by atoms with E-state index in [0.29, 0.717) is 5.76 Å². The topological polar surface area (TPSA) is 70.7 Å². The van der Waals surface area contributed by atoms with Gasteiger partial charge in [-0.05, 0) is 29.7 Å². The van der Waals surface area contributed by atoms with Crippen molar-refractivity contribution >= 4 is 5.97 Å². The van der Waals surface area contributed by atoms with Crippen LogP contribution in [-0.2, 0) is 6.42 Å². The van der Waals surface area contributed by atoms with Crippen LogP contribution in [0.5, 0.6) is 0 Å². The first kappa shape index (κ1) is 11.0. The zero-order valence-electron chi connectivity index (χ0n) is 9.54. The molecule has 2 N–H and O–H groups in total. The van der Waals surface area contributed by atoms with Crippen molar-refractivity contribution in [2.75, 3.05) is 0 Å². The van der Waals surface area contributed by atoms with Gasteiger partial charge in [0, 0.05) is 5.92 Å². The molecule has 1 aliphatic rings. The Morgan fingerprint density at radius 2 is 2.06 bits per heavy atom. The highest BCUT2D eigenvalue weighted by Crippen LogP contribution is 2.43. The molecule has 2 atom stereocenters. The minimum atomic E-state index is -1.12. The van der Waals surface area contributed by atoms with Crippen molar-refractivity contribution < 1.29 is 19.4 Å². The Labute approximate surface area is 103 Å². The molecule has 1 aliphatic carbocycles. The molecule has 1 heterocycles. The molecule has 4 nitrogen and oxygen atoms in total. The summed E-state index contributed by atoms with van der Waals surface area (Å²) in [7, 11) is 0. The fourth-order valence-electron chi connectivity index (χ4n) is 2.40. The van der Waals surface area contributed by atoms with Gasteiger partial charge in [-0.2, -0.15) is 0 Å². The van der Waals surface area contributed by atoms with Gasteiger partial charge in [0.2, 0.25) is 5.76 Å². The van der Waals surface area contributed by atoms with Crippen LogP contribution < -0.4 is 0 Å². The van der Waals surface area contributed by atoms with Crippen LogP contribution in [0.1, 0.15) is 39.5 Å². The molecule has 3 rings (SSSR count). The fraction of sp³-hybridized carbons (Fsp3) is 0.214. The molecule has 0 saturated heterocycles. The molecule has 0 radical (unpaired) electrons. The van der Waals surface area contributed by atoms with E-state index in [2.05, 4.69) is 0 Å². The molecule has 1 aromatic carbocycles. The predicted octanol–water partition coefficient (Wildman–Crippen LogP) is 2.35. The number of hydrogen-bond acceptors (Lipinski definition) is 3. The van der Waals surface area contributed by atoms with Gasteiger partial charge in [0.1, 0.15) is 11.9 Å². The van der Waals surface area contributed by atoms with Crippen LogP contribution in [0.3, 0.4) is 0 Å². The van der Waals surface area contributed by atoms with Crippen LogP contribution in [0.15, 0.2) is 40.8 Å². The van der Waals surface area contributed by atoms with Crippen molar-refractivity contribution in [3.63, 3.8) is 0 Å². The summed E-state index contributed by atoms with van der Waals surface area (Å²) in [5, 5.41) is 19.0. The Balaban J connectivity index is 1.84. The number of hydrogen-bond donors (Lipinski definition) is 2. The SMILES string of the molecule is O=C(O)c1ccc(C(O)C2Cc3ccccc32)o1. The lowest BCUT2D eigenvalue weighted by atomic mass is 9.74. The number of aromatic carboxylic acids is 1. The van der Waals surface area contributed by atoms with Gasteiger partial charge in [0.15, 0.2) is 0 Å². The summed E-state index contributed by atoms with van der Waals surface area (Å²) in [5.41, 5.74) is 2.34. The van der Waals surface area contributed by atoms with E-state index in [1.165, 1.54) is 17.7 Å². The standard InChI is InChI=1S/C14H12O4/c15-13(11-5-6-12(18-11)14(16)17)10-7-8-3-1-2-4-9(8)10/h1-6,10,13,15H,7H2,(H,16,17). The molecule has 0 bridgehead atoms. The van der Waals surface area contributed by atoms with Gasteiger partial charge in [-0.3, -0.25) is 0 Å². The number of carboxylic acid groups (broad SMARTS) is 1. The highest BCUT2D eigenvalue weighted by molar-refractivity contribution is 5.84. The van der Waals surface area contributed by atoms with Crippen molar-refractivity contribution in [1.29, 1.82) is 0 Å². The zero-order valence-corrected chi connectivity index (χ0v) is 9.54. The Kier molecular flexibility index (Phi) is 2.45. The summed E-state index contributed by atoms with van der Waals surface area (Å²) < 4.78 is 5.13. The second-order valence-electron chi connectivity index (χ2n) is 4.46. The van der Waals surface area contributed by atoms with Crippen LogP contribution in [-0.4, -0.2) is 16.2 Å². The molecule has 0 spiro atoms. The van der Waals surface area contributed by atoms with Gasteiger partial charge in [-0.1, -0.05) is 24.3 Å². The first-order valence-electron chi connectivity index (χ1n) is 5.75. The highest BCUT2D eigenvalue weighted by atomic mass is 16.4. The third-order valence-electron chi connectivity index (χ3n) is 3.40. The number of carbonyl (C=O) groups is 1. The number of fused-ring (bicyclic) bond motifs is 1. The molecule has 2 unspecified atom stereocenters. The molecule has 0 amide bonds. The Bertz CT molecular complexity index is 599. The number of benzene rings is 1. The number of aliphatic hydroxyl groups excluding tert-OH is 1. The summed E-state index contributed by atoms with van der Waals surface area (Å²) in [6.07, 6.45) is 0.00785. The predicted molar refractivity (Wildman–Crippen MR) is 63.5 cm³/mol.